The molecule has 1 aliphatic heterocycles. The predicted molar refractivity (Wildman–Crippen MR) is 114 cm³/mol. The van der Waals surface area contributed by atoms with Gasteiger partial charge in [0.15, 0.2) is 0 Å². The van der Waals surface area contributed by atoms with Crippen LogP contribution in [0.4, 0.5) is 5.69 Å². The molecule has 2 aliphatic rings. The summed E-state index contributed by atoms with van der Waals surface area (Å²) in [6, 6.07) is 4.70. The molecular weight excluding hydrogens is 429 g/mol. The van der Waals surface area contributed by atoms with Crippen LogP contribution in [-0.2, 0) is 19.2 Å². The van der Waals surface area contributed by atoms with E-state index in [1.54, 1.807) is 12.1 Å². The molecule has 1 aromatic rings. The van der Waals surface area contributed by atoms with E-state index in [0.717, 1.165) is 17.7 Å². The van der Waals surface area contributed by atoms with Crippen LogP contribution in [0.2, 0.25) is 10.0 Å². The number of nitrogens with zero attached hydrogens (tertiary/aromatic N) is 2. The third-order valence-corrected chi connectivity index (χ3v) is 6.17. The number of carbonyl (C=O) groups is 4. The van der Waals surface area contributed by atoms with Gasteiger partial charge in [-0.25, -0.2) is 0 Å². The van der Waals surface area contributed by atoms with Gasteiger partial charge in [0.25, 0.3) is 0 Å². The first-order valence-electron chi connectivity index (χ1n) is 10.2. The highest BCUT2D eigenvalue weighted by Gasteiger charge is 2.48. The number of rotatable bonds is 7. The average molecular weight is 454 g/mol. The van der Waals surface area contributed by atoms with Gasteiger partial charge < -0.3 is 10.2 Å². The number of likely N-dealkylation sites (tertiary alicyclic amines) is 1. The number of nitrogens with one attached hydrogen (secondary N) is 1. The van der Waals surface area contributed by atoms with E-state index in [9.17, 15) is 19.2 Å². The topological polar surface area (TPSA) is 86.8 Å². The Morgan fingerprint density at radius 1 is 1.13 bits per heavy atom. The minimum atomic E-state index is -0.436. The first kappa shape index (κ1) is 22.6. The SMILES string of the molecule is CCCN(CC(=O)Nc1cc(Cl)ccc1Cl)C(=O)CN1C(=O)[C@@H]2CCCC[C@H]2C1=O. The van der Waals surface area contributed by atoms with Gasteiger partial charge in [0.1, 0.15) is 6.54 Å². The van der Waals surface area contributed by atoms with Crippen LogP contribution in [0.5, 0.6) is 0 Å². The van der Waals surface area contributed by atoms with Crippen molar-refractivity contribution in [1.82, 2.24) is 9.80 Å². The van der Waals surface area contributed by atoms with Crippen molar-refractivity contribution in [1.29, 1.82) is 0 Å². The highest BCUT2D eigenvalue weighted by Crippen LogP contribution is 2.37. The Morgan fingerprint density at radius 3 is 2.37 bits per heavy atom. The van der Waals surface area contributed by atoms with Gasteiger partial charge in [-0.3, -0.25) is 24.1 Å². The molecular formula is C21H25Cl2N3O4. The summed E-state index contributed by atoms with van der Waals surface area (Å²) >= 11 is 12.0. The first-order chi connectivity index (χ1) is 14.3. The normalized spacial score (nSPS) is 20.8. The van der Waals surface area contributed by atoms with Crippen LogP contribution >= 0.6 is 23.2 Å². The van der Waals surface area contributed by atoms with Crippen molar-refractivity contribution in [3.63, 3.8) is 0 Å². The number of anilines is 1. The summed E-state index contributed by atoms with van der Waals surface area (Å²) < 4.78 is 0. The molecule has 1 N–H and O–H groups in total. The number of fused-ring (bicyclic) bond motifs is 1. The lowest BCUT2D eigenvalue weighted by atomic mass is 9.81. The smallest absolute Gasteiger partial charge is 0.244 e. The molecule has 3 rings (SSSR count). The maximum Gasteiger partial charge on any atom is 0.244 e. The molecule has 0 aromatic heterocycles. The Balaban J connectivity index is 1.64. The zero-order valence-corrected chi connectivity index (χ0v) is 18.3. The molecule has 1 heterocycles. The number of carbonyl (C=O) groups excluding carboxylic acids is 4. The summed E-state index contributed by atoms with van der Waals surface area (Å²) in [5.41, 5.74) is 0.354. The van der Waals surface area contributed by atoms with E-state index >= 15 is 0 Å². The molecule has 0 unspecified atom stereocenters. The van der Waals surface area contributed by atoms with Crippen molar-refractivity contribution in [3.05, 3.63) is 28.2 Å². The summed E-state index contributed by atoms with van der Waals surface area (Å²) in [6.07, 6.45) is 3.87. The predicted octanol–water partition coefficient (Wildman–Crippen LogP) is 3.35. The van der Waals surface area contributed by atoms with Crippen molar-refractivity contribution in [2.24, 2.45) is 11.8 Å². The average Bonchev–Trinajstić information content (AvgIpc) is 2.95. The number of hydrogen-bond donors (Lipinski definition) is 1. The van der Waals surface area contributed by atoms with Crippen LogP contribution in [0, 0.1) is 11.8 Å². The summed E-state index contributed by atoms with van der Waals surface area (Å²) in [6.45, 7) is 1.68. The quantitative estimate of drug-likeness (QED) is 0.641. The number of hydrogen-bond acceptors (Lipinski definition) is 4. The monoisotopic (exact) mass is 453 g/mol. The molecule has 2 atom stereocenters. The fourth-order valence-electron chi connectivity index (χ4n) is 4.14. The molecule has 1 saturated heterocycles. The molecule has 0 bridgehead atoms. The van der Waals surface area contributed by atoms with Crippen LogP contribution in [-0.4, -0.2) is 53.1 Å². The Bertz CT molecular complexity index is 837. The lowest BCUT2D eigenvalue weighted by molar-refractivity contribution is -0.147. The van der Waals surface area contributed by atoms with Gasteiger partial charge in [-0.1, -0.05) is 43.0 Å². The minimum absolute atomic E-state index is 0.210. The highest BCUT2D eigenvalue weighted by atomic mass is 35.5. The third-order valence-electron chi connectivity index (χ3n) is 5.61. The third kappa shape index (κ3) is 4.95. The fraction of sp³-hybridized carbons (Fsp3) is 0.524. The van der Waals surface area contributed by atoms with Gasteiger partial charge in [-0.15, -0.1) is 0 Å². The van der Waals surface area contributed by atoms with E-state index in [-0.39, 0.29) is 36.7 Å². The van der Waals surface area contributed by atoms with E-state index in [4.69, 9.17) is 23.2 Å². The van der Waals surface area contributed by atoms with Gasteiger partial charge in [0, 0.05) is 11.6 Å². The summed E-state index contributed by atoms with van der Waals surface area (Å²) in [7, 11) is 0. The van der Waals surface area contributed by atoms with Crippen molar-refractivity contribution in [2.75, 3.05) is 25.0 Å². The summed E-state index contributed by atoms with van der Waals surface area (Å²) in [5.74, 6) is -1.98. The van der Waals surface area contributed by atoms with Crippen LogP contribution in [0.3, 0.4) is 0 Å². The molecule has 1 saturated carbocycles. The Hall–Kier alpha value is -2.12. The second-order valence-electron chi connectivity index (χ2n) is 7.75. The van der Waals surface area contributed by atoms with E-state index < -0.39 is 11.8 Å². The van der Waals surface area contributed by atoms with Gasteiger partial charge in [-0.05, 0) is 37.5 Å². The summed E-state index contributed by atoms with van der Waals surface area (Å²) in [5, 5.41) is 3.40. The molecule has 30 heavy (non-hydrogen) atoms. The first-order valence-corrected chi connectivity index (χ1v) is 10.9. The zero-order chi connectivity index (χ0) is 21.8. The maximum atomic E-state index is 12.8. The summed E-state index contributed by atoms with van der Waals surface area (Å²) in [4.78, 5) is 53.0. The number of benzene rings is 1. The molecule has 9 heteroatoms. The standard InChI is InChI=1S/C21H25Cl2N3O4/c1-2-9-25(11-18(27)24-17-10-13(22)7-8-16(17)23)19(28)12-26-20(29)14-5-3-4-6-15(14)21(26)30/h7-8,10,14-15H,2-6,9,11-12H2,1H3,(H,24,27)/t14-,15-/m1/s1. The lowest BCUT2D eigenvalue weighted by Crippen LogP contribution is -2.46. The molecule has 1 aromatic carbocycles. The molecule has 0 spiro atoms. The van der Waals surface area contributed by atoms with Gasteiger partial charge in [0.2, 0.25) is 23.6 Å². The second-order valence-corrected chi connectivity index (χ2v) is 8.59. The maximum absolute atomic E-state index is 12.8. The van der Waals surface area contributed by atoms with Crippen molar-refractivity contribution < 1.29 is 19.2 Å². The molecule has 0 radical (unpaired) electrons. The molecule has 1 aliphatic carbocycles. The number of amides is 4. The van der Waals surface area contributed by atoms with Gasteiger partial charge in [-0.2, -0.15) is 0 Å². The van der Waals surface area contributed by atoms with E-state index in [1.807, 2.05) is 6.92 Å². The Kier molecular flexibility index (Phi) is 7.36. The fourth-order valence-corrected chi connectivity index (χ4v) is 4.48. The van der Waals surface area contributed by atoms with Crippen LogP contribution in [0.25, 0.3) is 0 Å². The van der Waals surface area contributed by atoms with E-state index in [2.05, 4.69) is 5.32 Å². The lowest BCUT2D eigenvalue weighted by Gasteiger charge is -2.24. The largest absolute Gasteiger partial charge is 0.332 e. The van der Waals surface area contributed by atoms with Crippen LogP contribution in [0.1, 0.15) is 39.0 Å². The number of halogens is 2. The van der Waals surface area contributed by atoms with Crippen LogP contribution < -0.4 is 5.32 Å². The van der Waals surface area contributed by atoms with E-state index in [0.29, 0.717) is 41.5 Å². The van der Waals surface area contributed by atoms with Crippen LogP contribution in [0.15, 0.2) is 18.2 Å². The highest BCUT2D eigenvalue weighted by molar-refractivity contribution is 6.35. The Labute approximate surface area is 185 Å². The van der Waals surface area contributed by atoms with Gasteiger partial charge in [0.05, 0.1) is 29.1 Å². The van der Waals surface area contributed by atoms with Crippen molar-refractivity contribution in [2.45, 2.75) is 39.0 Å². The second kappa shape index (κ2) is 9.79. The molecule has 4 amide bonds. The zero-order valence-electron chi connectivity index (χ0n) is 16.8. The molecule has 7 nitrogen and oxygen atoms in total. The Morgan fingerprint density at radius 2 is 1.77 bits per heavy atom. The molecule has 162 valence electrons. The van der Waals surface area contributed by atoms with Crippen molar-refractivity contribution in [3.8, 4) is 0 Å². The number of imide groups is 1. The van der Waals surface area contributed by atoms with Gasteiger partial charge >= 0.3 is 0 Å². The van der Waals surface area contributed by atoms with E-state index in [1.165, 1.54) is 11.0 Å². The van der Waals surface area contributed by atoms with Crippen molar-refractivity contribution >= 4 is 52.5 Å². The minimum Gasteiger partial charge on any atom is -0.332 e. The molecule has 2 fully saturated rings.